The van der Waals surface area contributed by atoms with Crippen LogP contribution in [0.4, 0.5) is 0 Å². The van der Waals surface area contributed by atoms with Crippen molar-refractivity contribution in [1.29, 1.82) is 0 Å². The summed E-state index contributed by atoms with van der Waals surface area (Å²) in [6.07, 6.45) is 7.01. The molecule has 0 bridgehead atoms. The average Bonchev–Trinajstić information content (AvgIpc) is 2.97. The zero-order chi connectivity index (χ0) is 15.2. The normalized spacial score (nSPS) is 11.1. The van der Waals surface area contributed by atoms with Gasteiger partial charge in [0.1, 0.15) is 0 Å². The second-order valence-electron chi connectivity index (χ2n) is 4.76. The van der Waals surface area contributed by atoms with Gasteiger partial charge in [-0.15, -0.1) is 0 Å². The molecule has 0 unspecified atom stereocenters. The highest BCUT2D eigenvalue weighted by molar-refractivity contribution is 5.82. The Hall–Kier alpha value is -3.02. The average molecular weight is 293 g/mol. The molecule has 2 aromatic heterocycles. The summed E-state index contributed by atoms with van der Waals surface area (Å²) in [7, 11) is 0. The Morgan fingerprint density at radius 1 is 1.27 bits per heavy atom. The van der Waals surface area contributed by atoms with Gasteiger partial charge in [0.2, 0.25) is 5.91 Å². The van der Waals surface area contributed by atoms with Crippen LogP contribution in [0.15, 0.2) is 60.2 Å². The number of rotatable bonds is 5. The Labute approximate surface area is 127 Å². The van der Waals surface area contributed by atoms with Crippen molar-refractivity contribution in [1.82, 2.24) is 20.0 Å². The Balaban J connectivity index is 1.53. The summed E-state index contributed by atoms with van der Waals surface area (Å²) in [6.45, 7) is 0.564. The molecule has 0 radical (unpaired) electrons. The lowest BCUT2D eigenvalue weighted by Gasteiger charge is -2.03. The Bertz CT molecular complexity index is 794. The van der Waals surface area contributed by atoms with Gasteiger partial charge in [0.25, 0.3) is 0 Å². The van der Waals surface area contributed by atoms with Crippen LogP contribution >= 0.6 is 0 Å². The third kappa shape index (κ3) is 3.35. The van der Waals surface area contributed by atoms with Crippen molar-refractivity contribution in [2.45, 2.75) is 13.0 Å². The van der Waals surface area contributed by atoms with Crippen molar-refractivity contribution in [3.63, 3.8) is 0 Å². The fraction of sp³-hybridized carbons (Fsp3) is 0.125. The van der Waals surface area contributed by atoms with Gasteiger partial charge in [0.05, 0.1) is 23.6 Å². The molecule has 0 fully saturated rings. The molecule has 0 saturated heterocycles. The van der Waals surface area contributed by atoms with Gasteiger partial charge in [-0.2, -0.15) is 5.10 Å². The number of nitrogens with zero attached hydrogens (tertiary/aromatic N) is 4. The molecule has 1 N–H and O–H groups in total. The molecule has 0 aliphatic carbocycles. The summed E-state index contributed by atoms with van der Waals surface area (Å²) in [5, 5.41) is 3.91. The molecule has 0 spiro atoms. The van der Waals surface area contributed by atoms with E-state index in [0.29, 0.717) is 13.0 Å². The molecule has 0 aliphatic rings. The van der Waals surface area contributed by atoms with Crippen LogP contribution in [0.3, 0.4) is 0 Å². The summed E-state index contributed by atoms with van der Waals surface area (Å²) < 4.78 is 1.96. The number of fused-ring (bicyclic) bond motifs is 1. The number of imidazole rings is 1. The largest absolute Gasteiger partial charge is 0.330 e. The van der Waals surface area contributed by atoms with Crippen molar-refractivity contribution < 1.29 is 4.79 Å². The quantitative estimate of drug-likeness (QED) is 0.577. The Kier molecular flexibility index (Phi) is 4.20. The molecule has 0 saturated carbocycles. The zero-order valence-corrected chi connectivity index (χ0v) is 11.9. The van der Waals surface area contributed by atoms with Gasteiger partial charge in [-0.25, -0.2) is 10.4 Å². The fourth-order valence-electron chi connectivity index (χ4n) is 2.10. The third-order valence-electron chi connectivity index (χ3n) is 3.19. The van der Waals surface area contributed by atoms with Crippen molar-refractivity contribution in [2.24, 2.45) is 5.10 Å². The third-order valence-corrected chi connectivity index (χ3v) is 3.19. The Morgan fingerprint density at radius 2 is 2.18 bits per heavy atom. The molecule has 3 rings (SSSR count). The minimum Gasteiger partial charge on any atom is -0.330 e. The molecule has 3 aromatic rings. The van der Waals surface area contributed by atoms with E-state index in [1.54, 1.807) is 24.9 Å². The number of para-hydroxylation sites is 2. The fourth-order valence-corrected chi connectivity index (χ4v) is 2.10. The SMILES string of the molecule is O=C(CCn1cnc2ccccc21)NN=Cc1cccnc1. The summed E-state index contributed by atoms with van der Waals surface area (Å²) in [5.74, 6) is -0.141. The molecule has 22 heavy (non-hydrogen) atoms. The van der Waals surface area contributed by atoms with E-state index in [1.807, 2.05) is 41.0 Å². The number of hydrogen-bond donors (Lipinski definition) is 1. The first-order chi connectivity index (χ1) is 10.8. The number of carbonyl (C=O) groups excluding carboxylic acids is 1. The van der Waals surface area contributed by atoms with E-state index in [1.165, 1.54) is 0 Å². The van der Waals surface area contributed by atoms with E-state index in [0.717, 1.165) is 16.6 Å². The highest BCUT2D eigenvalue weighted by atomic mass is 16.2. The molecule has 6 nitrogen and oxygen atoms in total. The summed E-state index contributed by atoms with van der Waals surface area (Å²) in [4.78, 5) is 20.1. The highest BCUT2D eigenvalue weighted by Gasteiger charge is 2.04. The van der Waals surface area contributed by atoms with E-state index in [9.17, 15) is 4.79 Å². The van der Waals surface area contributed by atoms with Gasteiger partial charge < -0.3 is 4.57 Å². The maximum atomic E-state index is 11.8. The molecular formula is C16H15N5O. The van der Waals surface area contributed by atoms with Gasteiger partial charge in [-0.3, -0.25) is 9.78 Å². The molecule has 110 valence electrons. The summed E-state index contributed by atoms with van der Waals surface area (Å²) >= 11 is 0. The molecule has 1 amide bonds. The van der Waals surface area contributed by atoms with Crippen molar-refractivity contribution in [3.05, 3.63) is 60.7 Å². The van der Waals surface area contributed by atoms with Gasteiger partial charge in [-0.1, -0.05) is 18.2 Å². The predicted molar refractivity (Wildman–Crippen MR) is 84.3 cm³/mol. The van der Waals surface area contributed by atoms with E-state index in [2.05, 4.69) is 20.5 Å². The molecule has 6 heteroatoms. The number of hydrogen-bond acceptors (Lipinski definition) is 4. The van der Waals surface area contributed by atoms with E-state index < -0.39 is 0 Å². The molecule has 0 aliphatic heterocycles. The number of aromatic nitrogens is 3. The lowest BCUT2D eigenvalue weighted by molar-refractivity contribution is -0.121. The first kappa shape index (κ1) is 13.9. The lowest BCUT2D eigenvalue weighted by Crippen LogP contribution is -2.19. The van der Waals surface area contributed by atoms with Crippen LogP contribution in [-0.2, 0) is 11.3 Å². The summed E-state index contributed by atoms with van der Waals surface area (Å²) in [6, 6.07) is 11.5. The van der Waals surface area contributed by atoms with E-state index >= 15 is 0 Å². The zero-order valence-electron chi connectivity index (χ0n) is 11.9. The lowest BCUT2D eigenvalue weighted by atomic mass is 10.3. The molecule has 1 aromatic carbocycles. The first-order valence-corrected chi connectivity index (χ1v) is 6.95. The number of hydrazone groups is 1. The first-order valence-electron chi connectivity index (χ1n) is 6.95. The minimum atomic E-state index is -0.141. The monoisotopic (exact) mass is 293 g/mol. The van der Waals surface area contributed by atoms with Gasteiger partial charge >= 0.3 is 0 Å². The molecule has 0 atom stereocenters. The van der Waals surface area contributed by atoms with Gasteiger partial charge in [-0.05, 0) is 18.2 Å². The van der Waals surface area contributed by atoms with E-state index in [4.69, 9.17) is 0 Å². The maximum Gasteiger partial charge on any atom is 0.241 e. The van der Waals surface area contributed by atoms with Crippen LogP contribution in [-0.4, -0.2) is 26.7 Å². The van der Waals surface area contributed by atoms with Crippen molar-refractivity contribution in [2.75, 3.05) is 0 Å². The second kappa shape index (κ2) is 6.62. The van der Waals surface area contributed by atoms with Crippen LogP contribution in [0, 0.1) is 0 Å². The highest BCUT2D eigenvalue weighted by Crippen LogP contribution is 2.11. The summed E-state index contributed by atoms with van der Waals surface area (Å²) in [5.41, 5.74) is 5.30. The van der Waals surface area contributed by atoms with Crippen LogP contribution in [0.5, 0.6) is 0 Å². The molecular weight excluding hydrogens is 278 g/mol. The number of benzene rings is 1. The van der Waals surface area contributed by atoms with Crippen molar-refractivity contribution >= 4 is 23.2 Å². The second-order valence-corrected chi connectivity index (χ2v) is 4.76. The van der Waals surface area contributed by atoms with Gasteiger partial charge in [0.15, 0.2) is 0 Å². The minimum absolute atomic E-state index is 0.141. The van der Waals surface area contributed by atoms with Crippen LogP contribution in [0.1, 0.15) is 12.0 Å². The predicted octanol–water partition coefficient (Wildman–Crippen LogP) is 1.97. The number of pyridine rings is 1. The smallest absolute Gasteiger partial charge is 0.241 e. The van der Waals surface area contributed by atoms with E-state index in [-0.39, 0.29) is 5.91 Å². The number of aryl methyl sites for hydroxylation is 1. The maximum absolute atomic E-state index is 11.8. The Morgan fingerprint density at radius 3 is 3.05 bits per heavy atom. The van der Waals surface area contributed by atoms with Crippen molar-refractivity contribution in [3.8, 4) is 0 Å². The number of carbonyl (C=O) groups is 1. The van der Waals surface area contributed by atoms with Crippen LogP contribution in [0.2, 0.25) is 0 Å². The number of nitrogens with one attached hydrogen (secondary N) is 1. The topological polar surface area (TPSA) is 72.2 Å². The van der Waals surface area contributed by atoms with Gasteiger partial charge in [0, 0.05) is 30.9 Å². The van der Waals surface area contributed by atoms with Crippen LogP contribution < -0.4 is 5.43 Å². The van der Waals surface area contributed by atoms with Crippen LogP contribution in [0.25, 0.3) is 11.0 Å². The standard InChI is InChI=1S/C16H15N5O/c22-16(20-19-11-13-4-3-8-17-10-13)7-9-21-12-18-14-5-1-2-6-15(14)21/h1-6,8,10-12H,7,9H2,(H,20,22). The number of amides is 1. The molecule has 2 heterocycles.